The molecule has 0 aromatic rings. The van der Waals surface area contributed by atoms with Gasteiger partial charge in [-0.2, -0.15) is 0 Å². The third-order valence-corrected chi connectivity index (χ3v) is 5.79. The monoisotopic (exact) mass is 296 g/mol. The summed E-state index contributed by atoms with van der Waals surface area (Å²) >= 11 is 0. The van der Waals surface area contributed by atoms with Crippen LogP contribution in [0.15, 0.2) is 0 Å². The minimum absolute atomic E-state index is 0.00255. The van der Waals surface area contributed by atoms with Crippen molar-refractivity contribution >= 4 is 6.16 Å². The van der Waals surface area contributed by atoms with Gasteiger partial charge in [-0.25, -0.2) is 4.79 Å². The van der Waals surface area contributed by atoms with Crippen LogP contribution in [0.5, 0.6) is 0 Å². The largest absolute Gasteiger partial charge is 0.508 e. The zero-order chi connectivity index (χ0) is 14.5. The zero-order valence-corrected chi connectivity index (χ0v) is 12.4. The van der Waals surface area contributed by atoms with Crippen molar-refractivity contribution < 1.29 is 24.1 Å². The van der Waals surface area contributed by atoms with Crippen LogP contribution in [-0.4, -0.2) is 43.3 Å². The van der Waals surface area contributed by atoms with E-state index >= 15 is 0 Å². The number of carbonyl (C=O) groups excluding carboxylic acids is 1. The lowest BCUT2D eigenvalue weighted by atomic mass is 9.48. The molecule has 1 heterocycles. The van der Waals surface area contributed by atoms with Gasteiger partial charge in [0.25, 0.3) is 0 Å². The average Bonchev–Trinajstić information content (AvgIpc) is 2.31. The van der Waals surface area contributed by atoms with Gasteiger partial charge < -0.3 is 19.3 Å². The molecule has 4 bridgehead atoms. The van der Waals surface area contributed by atoms with E-state index < -0.39 is 11.8 Å². The van der Waals surface area contributed by atoms with E-state index in [1.165, 1.54) is 6.42 Å². The Morgan fingerprint density at radius 1 is 1.14 bits per heavy atom. The highest BCUT2D eigenvalue weighted by molar-refractivity contribution is 5.59. The van der Waals surface area contributed by atoms with Gasteiger partial charge in [-0.1, -0.05) is 0 Å². The fourth-order valence-electron chi connectivity index (χ4n) is 5.39. The quantitative estimate of drug-likeness (QED) is 0.805. The summed E-state index contributed by atoms with van der Waals surface area (Å²) in [5.41, 5.74) is -0.502. The fourth-order valence-corrected chi connectivity index (χ4v) is 5.39. The number of hydrogen-bond acceptors (Lipinski definition) is 5. The first-order chi connectivity index (χ1) is 10.0. The Morgan fingerprint density at radius 2 is 1.86 bits per heavy atom. The molecule has 2 atom stereocenters. The van der Waals surface area contributed by atoms with Crippen molar-refractivity contribution in [2.45, 2.75) is 44.1 Å². The van der Waals surface area contributed by atoms with Gasteiger partial charge in [0.05, 0.1) is 18.8 Å². The van der Waals surface area contributed by atoms with E-state index in [2.05, 4.69) is 0 Å². The van der Waals surface area contributed by atoms with Crippen molar-refractivity contribution in [2.24, 2.45) is 23.2 Å². The summed E-state index contributed by atoms with van der Waals surface area (Å²) in [6.45, 7) is 2.14. The van der Waals surface area contributed by atoms with Crippen LogP contribution in [0.1, 0.15) is 38.5 Å². The van der Waals surface area contributed by atoms with Crippen molar-refractivity contribution in [1.29, 1.82) is 0 Å². The third-order valence-electron chi connectivity index (χ3n) is 5.79. The molecule has 5 heteroatoms. The summed E-state index contributed by atoms with van der Waals surface area (Å²) in [7, 11) is 0. The second-order valence-corrected chi connectivity index (χ2v) is 7.94. The molecule has 5 fully saturated rings. The first-order valence-electron chi connectivity index (χ1n) is 8.14. The Kier molecular flexibility index (Phi) is 3.19. The van der Waals surface area contributed by atoms with E-state index in [1.54, 1.807) is 0 Å². The molecule has 2 unspecified atom stereocenters. The van der Waals surface area contributed by atoms with Gasteiger partial charge in [0.1, 0.15) is 13.2 Å². The van der Waals surface area contributed by atoms with Crippen molar-refractivity contribution in [1.82, 2.24) is 0 Å². The molecular weight excluding hydrogens is 272 g/mol. The van der Waals surface area contributed by atoms with Crippen molar-refractivity contribution in [3.8, 4) is 0 Å². The minimum atomic E-state index is -0.565. The van der Waals surface area contributed by atoms with E-state index in [0.717, 1.165) is 32.1 Å². The zero-order valence-electron chi connectivity index (χ0n) is 12.4. The summed E-state index contributed by atoms with van der Waals surface area (Å²) < 4.78 is 15.6. The van der Waals surface area contributed by atoms with Crippen LogP contribution in [0.2, 0.25) is 0 Å². The van der Waals surface area contributed by atoms with Gasteiger partial charge in [-0.15, -0.1) is 0 Å². The van der Waals surface area contributed by atoms with Crippen molar-refractivity contribution in [3.05, 3.63) is 0 Å². The van der Waals surface area contributed by atoms with Crippen LogP contribution >= 0.6 is 0 Å². The van der Waals surface area contributed by atoms with Gasteiger partial charge in [-0.05, 0) is 50.4 Å². The summed E-state index contributed by atoms with van der Waals surface area (Å²) in [5, 5.41) is 10.7. The van der Waals surface area contributed by atoms with Crippen molar-refractivity contribution in [3.63, 3.8) is 0 Å². The number of ether oxygens (including phenoxy) is 3. The van der Waals surface area contributed by atoms with E-state index in [-0.39, 0.29) is 5.41 Å². The predicted octanol–water partition coefficient (Wildman–Crippen LogP) is 2.12. The van der Waals surface area contributed by atoms with Gasteiger partial charge >= 0.3 is 6.16 Å². The molecule has 0 aromatic heterocycles. The second-order valence-electron chi connectivity index (χ2n) is 7.94. The maximum absolute atomic E-state index is 11.7. The molecule has 1 N–H and O–H groups in total. The van der Waals surface area contributed by atoms with Gasteiger partial charge in [-0.3, -0.25) is 0 Å². The molecule has 5 aliphatic rings. The maximum atomic E-state index is 11.7. The number of rotatable bonds is 4. The van der Waals surface area contributed by atoms with Crippen LogP contribution in [0, 0.1) is 23.2 Å². The molecule has 4 saturated carbocycles. The Hall–Kier alpha value is -0.810. The summed E-state index contributed by atoms with van der Waals surface area (Å²) in [5.74, 6) is 1.56. The second kappa shape index (κ2) is 4.85. The smallest absolute Gasteiger partial charge is 0.434 e. The van der Waals surface area contributed by atoms with E-state index in [9.17, 15) is 9.90 Å². The summed E-state index contributed by atoms with van der Waals surface area (Å²) in [6.07, 6.45) is 5.54. The van der Waals surface area contributed by atoms with Crippen LogP contribution in [0.4, 0.5) is 4.79 Å². The molecule has 5 rings (SSSR count). The molecule has 0 amide bonds. The molecule has 1 aliphatic heterocycles. The number of hydrogen-bond donors (Lipinski definition) is 1. The molecule has 0 aromatic carbocycles. The molecule has 4 aliphatic carbocycles. The molecule has 5 nitrogen and oxygen atoms in total. The number of carbonyl (C=O) groups is 1. The maximum Gasteiger partial charge on any atom is 0.508 e. The van der Waals surface area contributed by atoms with Crippen LogP contribution in [-0.2, 0) is 14.2 Å². The lowest BCUT2D eigenvalue weighted by molar-refractivity contribution is -0.177. The highest BCUT2D eigenvalue weighted by Crippen LogP contribution is 2.61. The lowest BCUT2D eigenvalue weighted by Crippen LogP contribution is -2.57. The minimum Gasteiger partial charge on any atom is -0.434 e. The van der Waals surface area contributed by atoms with E-state index in [4.69, 9.17) is 14.2 Å². The highest BCUT2D eigenvalue weighted by atomic mass is 16.7. The van der Waals surface area contributed by atoms with Gasteiger partial charge in [0.15, 0.2) is 0 Å². The Labute approximate surface area is 124 Å². The number of aliphatic hydroxyl groups is 1. The van der Waals surface area contributed by atoms with Crippen LogP contribution < -0.4 is 0 Å². The average molecular weight is 296 g/mol. The van der Waals surface area contributed by atoms with E-state index in [0.29, 0.717) is 44.2 Å². The highest BCUT2D eigenvalue weighted by Gasteiger charge is 2.57. The van der Waals surface area contributed by atoms with E-state index in [1.807, 2.05) is 0 Å². The van der Waals surface area contributed by atoms with Crippen LogP contribution in [0.3, 0.4) is 0 Å². The molecule has 0 radical (unpaired) electrons. The predicted molar refractivity (Wildman–Crippen MR) is 73.7 cm³/mol. The van der Waals surface area contributed by atoms with Crippen LogP contribution in [0.25, 0.3) is 0 Å². The molecule has 1 saturated heterocycles. The molecule has 21 heavy (non-hydrogen) atoms. The molecule has 0 spiro atoms. The van der Waals surface area contributed by atoms with Crippen molar-refractivity contribution in [2.75, 3.05) is 26.4 Å². The first kappa shape index (κ1) is 13.8. The first-order valence-corrected chi connectivity index (χ1v) is 8.14. The van der Waals surface area contributed by atoms with Gasteiger partial charge in [0.2, 0.25) is 0 Å². The molecule has 118 valence electrons. The fraction of sp³-hybridized carbons (Fsp3) is 0.938. The standard InChI is InChI=1S/C16H24O5/c17-14(20-8-13-6-19-7-13)21-10-15-2-11-1-12(3-15)5-16(18,4-11)9-15/h11-13,18H,1-10H2. The Bertz CT molecular complexity index is 416. The normalized spacial score (nSPS) is 44.4. The Morgan fingerprint density at radius 3 is 2.43 bits per heavy atom. The lowest BCUT2D eigenvalue weighted by Gasteiger charge is -2.59. The topological polar surface area (TPSA) is 65.0 Å². The third kappa shape index (κ3) is 2.66. The Balaban J connectivity index is 1.31. The SMILES string of the molecule is O=C(OCC1COC1)OCC12CC3CC(CC(O)(C3)C1)C2. The summed E-state index contributed by atoms with van der Waals surface area (Å²) in [4.78, 5) is 11.7. The summed E-state index contributed by atoms with van der Waals surface area (Å²) in [6, 6.07) is 0. The molecular formula is C16H24O5. The van der Waals surface area contributed by atoms with Gasteiger partial charge in [0, 0.05) is 11.3 Å².